The van der Waals surface area contributed by atoms with Crippen molar-refractivity contribution in [1.29, 1.82) is 0 Å². The second kappa shape index (κ2) is 6.91. The van der Waals surface area contributed by atoms with Crippen LogP contribution in [0, 0.1) is 13.8 Å². The van der Waals surface area contributed by atoms with Crippen LogP contribution in [0.25, 0.3) is 11.0 Å². The molecule has 138 valence electrons. The van der Waals surface area contributed by atoms with E-state index in [2.05, 4.69) is 36.9 Å². The Morgan fingerprint density at radius 1 is 0.963 bits per heavy atom. The highest BCUT2D eigenvalue weighted by Crippen LogP contribution is 2.23. The van der Waals surface area contributed by atoms with Crippen molar-refractivity contribution >= 4 is 22.6 Å². The first-order valence-corrected chi connectivity index (χ1v) is 9.17. The van der Waals surface area contributed by atoms with Crippen molar-refractivity contribution in [3.8, 4) is 0 Å². The van der Waals surface area contributed by atoms with E-state index >= 15 is 0 Å². The molecular formula is C22H22N2O3. The number of anilines is 1. The number of para-hydroxylation sites is 1. The Bertz CT molecular complexity index is 1060. The quantitative estimate of drug-likeness (QED) is 0.656. The molecule has 5 heteroatoms. The van der Waals surface area contributed by atoms with Gasteiger partial charge in [0.15, 0.2) is 0 Å². The summed E-state index contributed by atoms with van der Waals surface area (Å²) in [6, 6.07) is 15.3. The number of carbonyl (C=O) groups is 1. The number of benzene rings is 2. The highest BCUT2D eigenvalue weighted by atomic mass is 16.4. The van der Waals surface area contributed by atoms with Gasteiger partial charge in [0.1, 0.15) is 11.1 Å². The first kappa shape index (κ1) is 17.3. The van der Waals surface area contributed by atoms with Crippen molar-refractivity contribution in [3.05, 3.63) is 75.6 Å². The Hall–Kier alpha value is -3.08. The van der Waals surface area contributed by atoms with Gasteiger partial charge in [0.25, 0.3) is 5.91 Å². The van der Waals surface area contributed by atoms with Crippen molar-refractivity contribution < 1.29 is 9.21 Å². The lowest BCUT2D eigenvalue weighted by Crippen LogP contribution is -2.49. The normalized spacial score (nSPS) is 14.6. The maximum atomic E-state index is 12.9. The number of carbonyl (C=O) groups excluding carboxylic acids is 1. The number of aryl methyl sites for hydroxylation is 2. The van der Waals surface area contributed by atoms with Crippen LogP contribution in [0.3, 0.4) is 0 Å². The Labute approximate surface area is 157 Å². The molecule has 1 fully saturated rings. The third kappa shape index (κ3) is 3.33. The fraction of sp³-hybridized carbons (Fsp3) is 0.273. The smallest absolute Gasteiger partial charge is 0.349 e. The zero-order valence-electron chi connectivity index (χ0n) is 15.6. The van der Waals surface area contributed by atoms with Gasteiger partial charge in [-0.25, -0.2) is 4.79 Å². The van der Waals surface area contributed by atoms with Crippen LogP contribution >= 0.6 is 0 Å². The predicted molar refractivity (Wildman–Crippen MR) is 107 cm³/mol. The monoisotopic (exact) mass is 362 g/mol. The first-order chi connectivity index (χ1) is 13.0. The molecule has 1 aliphatic rings. The van der Waals surface area contributed by atoms with Crippen LogP contribution < -0.4 is 10.5 Å². The summed E-state index contributed by atoms with van der Waals surface area (Å²) in [5, 5.41) is 0.759. The van der Waals surface area contributed by atoms with Gasteiger partial charge in [0.2, 0.25) is 0 Å². The summed E-state index contributed by atoms with van der Waals surface area (Å²) >= 11 is 0. The molecule has 2 aromatic carbocycles. The molecule has 0 radical (unpaired) electrons. The molecule has 1 saturated heterocycles. The third-order valence-corrected chi connectivity index (χ3v) is 5.13. The molecule has 27 heavy (non-hydrogen) atoms. The van der Waals surface area contributed by atoms with Gasteiger partial charge in [0, 0.05) is 37.3 Å². The lowest BCUT2D eigenvalue weighted by molar-refractivity contribution is 0.0742. The number of hydrogen-bond acceptors (Lipinski definition) is 4. The summed E-state index contributed by atoms with van der Waals surface area (Å²) in [6.45, 7) is 6.85. The van der Waals surface area contributed by atoms with Gasteiger partial charge in [-0.1, -0.05) is 35.9 Å². The van der Waals surface area contributed by atoms with E-state index in [1.807, 2.05) is 12.1 Å². The lowest BCUT2D eigenvalue weighted by atomic mass is 10.1. The van der Waals surface area contributed by atoms with Gasteiger partial charge in [0.05, 0.1) is 0 Å². The predicted octanol–water partition coefficient (Wildman–Crippen LogP) is 3.37. The summed E-state index contributed by atoms with van der Waals surface area (Å²) in [5.41, 5.74) is 3.72. The van der Waals surface area contributed by atoms with E-state index in [1.54, 1.807) is 23.1 Å². The number of hydrogen-bond donors (Lipinski definition) is 0. The number of nitrogens with zero attached hydrogens (tertiary/aromatic N) is 2. The molecule has 0 unspecified atom stereocenters. The van der Waals surface area contributed by atoms with Crippen LogP contribution in [-0.4, -0.2) is 37.0 Å². The van der Waals surface area contributed by atoms with E-state index in [0.29, 0.717) is 18.7 Å². The van der Waals surface area contributed by atoms with Crippen LogP contribution in [0.5, 0.6) is 0 Å². The molecule has 0 saturated carbocycles. The van der Waals surface area contributed by atoms with Gasteiger partial charge in [-0.2, -0.15) is 0 Å². The molecule has 0 bridgehead atoms. The second-order valence-corrected chi connectivity index (χ2v) is 7.05. The van der Waals surface area contributed by atoms with Crippen molar-refractivity contribution in [2.45, 2.75) is 13.8 Å². The number of fused-ring (bicyclic) bond motifs is 1. The van der Waals surface area contributed by atoms with E-state index in [0.717, 1.165) is 18.5 Å². The Kier molecular flexibility index (Phi) is 4.44. The first-order valence-electron chi connectivity index (χ1n) is 9.17. The summed E-state index contributed by atoms with van der Waals surface area (Å²) in [4.78, 5) is 29.2. The third-order valence-electron chi connectivity index (χ3n) is 5.13. The molecule has 0 aliphatic carbocycles. The number of piperazine rings is 1. The molecule has 1 aliphatic heterocycles. The van der Waals surface area contributed by atoms with Gasteiger partial charge >= 0.3 is 5.63 Å². The van der Waals surface area contributed by atoms with Gasteiger partial charge < -0.3 is 14.2 Å². The SMILES string of the molecule is Cc1ccc(N2CCN(C(=O)c3cc4ccccc4oc3=O)CC2)c(C)c1. The molecule has 0 N–H and O–H groups in total. The average Bonchev–Trinajstić information content (AvgIpc) is 2.67. The minimum absolute atomic E-state index is 0.105. The molecule has 3 aromatic rings. The fourth-order valence-corrected chi connectivity index (χ4v) is 3.69. The molecule has 1 amide bonds. The molecule has 2 heterocycles. The standard InChI is InChI=1S/C22H22N2O3/c1-15-7-8-19(16(2)13-15)23-9-11-24(12-10-23)21(25)18-14-17-5-3-4-6-20(17)27-22(18)26/h3-8,13-14H,9-12H2,1-2H3. The Morgan fingerprint density at radius 3 is 2.44 bits per heavy atom. The topological polar surface area (TPSA) is 53.8 Å². The average molecular weight is 362 g/mol. The van der Waals surface area contributed by atoms with Crippen molar-refractivity contribution in [1.82, 2.24) is 4.90 Å². The summed E-state index contributed by atoms with van der Waals surface area (Å²) in [7, 11) is 0. The molecule has 4 rings (SSSR count). The van der Waals surface area contributed by atoms with Gasteiger partial charge in [-0.15, -0.1) is 0 Å². The molecule has 0 spiro atoms. The minimum atomic E-state index is -0.574. The fourth-order valence-electron chi connectivity index (χ4n) is 3.69. The van der Waals surface area contributed by atoms with E-state index in [4.69, 9.17) is 4.42 Å². The van der Waals surface area contributed by atoms with Gasteiger partial charge in [-0.3, -0.25) is 4.79 Å². The maximum absolute atomic E-state index is 12.9. The van der Waals surface area contributed by atoms with Crippen LogP contribution in [-0.2, 0) is 0 Å². The van der Waals surface area contributed by atoms with Gasteiger partial charge in [-0.05, 0) is 37.6 Å². The van der Waals surface area contributed by atoms with Crippen LogP contribution in [0.15, 0.2) is 57.7 Å². The van der Waals surface area contributed by atoms with Crippen LogP contribution in [0.4, 0.5) is 5.69 Å². The largest absolute Gasteiger partial charge is 0.422 e. The second-order valence-electron chi connectivity index (χ2n) is 7.05. The molecule has 0 atom stereocenters. The molecular weight excluding hydrogens is 340 g/mol. The molecule has 5 nitrogen and oxygen atoms in total. The number of rotatable bonds is 2. The zero-order chi connectivity index (χ0) is 19.0. The van der Waals surface area contributed by atoms with Crippen molar-refractivity contribution in [2.75, 3.05) is 31.1 Å². The van der Waals surface area contributed by atoms with E-state index in [1.165, 1.54) is 16.8 Å². The van der Waals surface area contributed by atoms with E-state index in [9.17, 15) is 9.59 Å². The van der Waals surface area contributed by atoms with Crippen LogP contribution in [0.1, 0.15) is 21.5 Å². The Morgan fingerprint density at radius 2 is 1.70 bits per heavy atom. The highest BCUT2D eigenvalue weighted by molar-refractivity contribution is 5.96. The van der Waals surface area contributed by atoms with Crippen molar-refractivity contribution in [3.63, 3.8) is 0 Å². The molecule has 1 aromatic heterocycles. The number of amides is 1. The highest BCUT2D eigenvalue weighted by Gasteiger charge is 2.25. The van der Waals surface area contributed by atoms with E-state index in [-0.39, 0.29) is 11.5 Å². The van der Waals surface area contributed by atoms with Crippen LogP contribution in [0.2, 0.25) is 0 Å². The summed E-state index contributed by atoms with van der Waals surface area (Å²) in [5.74, 6) is -0.255. The summed E-state index contributed by atoms with van der Waals surface area (Å²) < 4.78 is 5.31. The Balaban J connectivity index is 1.52. The lowest BCUT2D eigenvalue weighted by Gasteiger charge is -2.36. The zero-order valence-corrected chi connectivity index (χ0v) is 15.6. The maximum Gasteiger partial charge on any atom is 0.349 e. The van der Waals surface area contributed by atoms with Crippen molar-refractivity contribution in [2.24, 2.45) is 0 Å². The minimum Gasteiger partial charge on any atom is -0.422 e. The summed E-state index contributed by atoms with van der Waals surface area (Å²) in [6.07, 6.45) is 0. The van der Waals surface area contributed by atoms with E-state index < -0.39 is 5.63 Å².